The molecular weight excluding hydrogens is 371 g/mol. The third-order valence-electron chi connectivity index (χ3n) is 3.18. The summed E-state index contributed by atoms with van der Waals surface area (Å²) in [6, 6.07) is 7.51. The number of carbonyl (C=O) groups is 2. The molecule has 1 heterocycles. The van der Waals surface area contributed by atoms with Crippen molar-refractivity contribution in [3.63, 3.8) is 0 Å². The Bertz CT molecular complexity index is 482. The monoisotopic (exact) mass is 388 g/mol. The van der Waals surface area contributed by atoms with E-state index < -0.39 is 0 Å². The SMILES string of the molecule is CCOC(=O)N1CCN(C(=O)c2ccc(I)cc2)CC1. The summed E-state index contributed by atoms with van der Waals surface area (Å²) < 4.78 is 6.06. The van der Waals surface area contributed by atoms with Crippen molar-refractivity contribution in [2.24, 2.45) is 0 Å². The van der Waals surface area contributed by atoms with Crippen molar-refractivity contribution in [2.45, 2.75) is 6.92 Å². The fourth-order valence-electron chi connectivity index (χ4n) is 2.08. The molecule has 0 N–H and O–H groups in total. The number of nitrogens with zero attached hydrogens (tertiary/aromatic N) is 2. The minimum atomic E-state index is -0.297. The molecule has 6 heteroatoms. The number of carbonyl (C=O) groups excluding carboxylic acids is 2. The van der Waals surface area contributed by atoms with Gasteiger partial charge >= 0.3 is 6.09 Å². The minimum Gasteiger partial charge on any atom is -0.450 e. The summed E-state index contributed by atoms with van der Waals surface area (Å²) in [5.41, 5.74) is 0.690. The van der Waals surface area contributed by atoms with Gasteiger partial charge in [-0.05, 0) is 53.8 Å². The summed E-state index contributed by atoms with van der Waals surface area (Å²) in [4.78, 5) is 27.3. The predicted molar refractivity (Wildman–Crippen MR) is 83.7 cm³/mol. The standard InChI is InChI=1S/C14H17IN2O3/c1-2-20-14(19)17-9-7-16(8-10-17)13(18)11-3-5-12(15)6-4-11/h3-6H,2,7-10H2,1H3. The highest BCUT2D eigenvalue weighted by atomic mass is 127. The topological polar surface area (TPSA) is 49.9 Å². The molecule has 0 radical (unpaired) electrons. The fraction of sp³-hybridized carbons (Fsp3) is 0.429. The number of piperazine rings is 1. The lowest BCUT2D eigenvalue weighted by Crippen LogP contribution is -2.50. The second-order valence-corrected chi connectivity index (χ2v) is 5.73. The van der Waals surface area contributed by atoms with Crippen molar-refractivity contribution in [3.05, 3.63) is 33.4 Å². The van der Waals surface area contributed by atoms with E-state index in [0.717, 1.165) is 3.57 Å². The number of ether oxygens (including phenoxy) is 1. The third-order valence-corrected chi connectivity index (χ3v) is 3.90. The molecule has 20 heavy (non-hydrogen) atoms. The van der Waals surface area contributed by atoms with Crippen LogP contribution in [0, 0.1) is 3.57 Å². The zero-order chi connectivity index (χ0) is 14.5. The van der Waals surface area contributed by atoms with Gasteiger partial charge in [0.1, 0.15) is 0 Å². The molecule has 0 unspecified atom stereocenters. The fourth-order valence-corrected chi connectivity index (χ4v) is 2.44. The lowest BCUT2D eigenvalue weighted by molar-refractivity contribution is 0.0570. The zero-order valence-corrected chi connectivity index (χ0v) is 13.5. The number of hydrogen-bond acceptors (Lipinski definition) is 3. The van der Waals surface area contributed by atoms with Crippen molar-refractivity contribution in [1.82, 2.24) is 9.80 Å². The van der Waals surface area contributed by atoms with Crippen LogP contribution in [0.3, 0.4) is 0 Å². The molecule has 0 bridgehead atoms. The molecule has 108 valence electrons. The van der Waals surface area contributed by atoms with Gasteiger partial charge in [-0.2, -0.15) is 0 Å². The number of amides is 2. The summed E-state index contributed by atoms with van der Waals surface area (Å²) in [5, 5.41) is 0. The average molecular weight is 388 g/mol. The smallest absolute Gasteiger partial charge is 0.409 e. The molecule has 0 aliphatic carbocycles. The van der Waals surface area contributed by atoms with Gasteiger partial charge in [0.25, 0.3) is 5.91 Å². The van der Waals surface area contributed by atoms with E-state index in [4.69, 9.17) is 4.74 Å². The van der Waals surface area contributed by atoms with Crippen LogP contribution in [0.15, 0.2) is 24.3 Å². The number of hydrogen-bond donors (Lipinski definition) is 0. The van der Waals surface area contributed by atoms with Crippen LogP contribution in [0.1, 0.15) is 17.3 Å². The highest BCUT2D eigenvalue weighted by molar-refractivity contribution is 14.1. The molecule has 0 atom stereocenters. The molecule has 1 aromatic rings. The van der Waals surface area contributed by atoms with E-state index in [1.165, 1.54) is 0 Å². The van der Waals surface area contributed by atoms with Gasteiger partial charge in [-0.15, -0.1) is 0 Å². The maximum absolute atomic E-state index is 12.3. The van der Waals surface area contributed by atoms with E-state index in [1.54, 1.807) is 16.7 Å². The molecule has 0 aromatic heterocycles. The lowest BCUT2D eigenvalue weighted by Gasteiger charge is -2.34. The summed E-state index contributed by atoms with van der Waals surface area (Å²) in [5.74, 6) is 0.0184. The van der Waals surface area contributed by atoms with E-state index >= 15 is 0 Å². The van der Waals surface area contributed by atoms with Crippen LogP contribution >= 0.6 is 22.6 Å². The first-order valence-corrected chi connectivity index (χ1v) is 7.66. The minimum absolute atomic E-state index is 0.0184. The Labute approximate surface area is 132 Å². The van der Waals surface area contributed by atoms with E-state index in [9.17, 15) is 9.59 Å². The molecule has 0 spiro atoms. The van der Waals surface area contributed by atoms with E-state index in [-0.39, 0.29) is 12.0 Å². The Morgan fingerprint density at radius 1 is 1.10 bits per heavy atom. The maximum Gasteiger partial charge on any atom is 0.409 e. The molecule has 1 saturated heterocycles. The molecule has 1 aromatic carbocycles. The predicted octanol–water partition coefficient (Wildman–Crippen LogP) is 2.21. The molecule has 5 nitrogen and oxygen atoms in total. The quantitative estimate of drug-likeness (QED) is 0.731. The summed E-state index contributed by atoms with van der Waals surface area (Å²) in [6.45, 7) is 4.30. The number of rotatable bonds is 2. The molecular formula is C14H17IN2O3. The van der Waals surface area contributed by atoms with Crippen LogP contribution in [0.25, 0.3) is 0 Å². The molecule has 2 amide bonds. The third kappa shape index (κ3) is 3.62. The normalized spacial score (nSPS) is 15.1. The Kier molecular flexibility index (Phi) is 5.22. The van der Waals surface area contributed by atoms with Crippen LogP contribution in [-0.4, -0.2) is 54.6 Å². The first-order valence-electron chi connectivity index (χ1n) is 6.58. The van der Waals surface area contributed by atoms with Crippen LogP contribution < -0.4 is 0 Å². The Balaban J connectivity index is 1.92. The van der Waals surface area contributed by atoms with Gasteiger partial charge in [-0.3, -0.25) is 4.79 Å². The molecule has 2 rings (SSSR count). The van der Waals surface area contributed by atoms with Crippen molar-refractivity contribution in [2.75, 3.05) is 32.8 Å². The van der Waals surface area contributed by atoms with Crippen molar-refractivity contribution < 1.29 is 14.3 Å². The first kappa shape index (κ1) is 15.1. The molecule has 0 saturated carbocycles. The second kappa shape index (κ2) is 6.92. The number of halogens is 1. The average Bonchev–Trinajstić information content (AvgIpc) is 2.48. The Hall–Kier alpha value is -1.31. The summed E-state index contributed by atoms with van der Waals surface area (Å²) >= 11 is 2.21. The van der Waals surface area contributed by atoms with Crippen molar-refractivity contribution in [3.8, 4) is 0 Å². The summed E-state index contributed by atoms with van der Waals surface area (Å²) in [7, 11) is 0. The Morgan fingerprint density at radius 2 is 1.65 bits per heavy atom. The van der Waals surface area contributed by atoms with E-state index in [2.05, 4.69) is 22.6 Å². The maximum atomic E-state index is 12.3. The summed E-state index contributed by atoms with van der Waals surface area (Å²) in [6.07, 6.45) is -0.297. The van der Waals surface area contributed by atoms with Gasteiger partial charge in [-0.1, -0.05) is 0 Å². The van der Waals surface area contributed by atoms with Crippen LogP contribution in [0.5, 0.6) is 0 Å². The van der Waals surface area contributed by atoms with Crippen LogP contribution in [-0.2, 0) is 4.74 Å². The Morgan fingerprint density at radius 3 is 2.20 bits per heavy atom. The van der Waals surface area contributed by atoms with Gasteiger partial charge in [-0.25, -0.2) is 4.79 Å². The molecule has 1 aliphatic rings. The van der Waals surface area contributed by atoms with Crippen molar-refractivity contribution in [1.29, 1.82) is 0 Å². The van der Waals surface area contributed by atoms with Gasteiger partial charge in [0.05, 0.1) is 6.61 Å². The van der Waals surface area contributed by atoms with Gasteiger partial charge in [0.2, 0.25) is 0 Å². The highest BCUT2D eigenvalue weighted by Gasteiger charge is 2.25. The van der Waals surface area contributed by atoms with E-state index in [1.807, 2.05) is 24.3 Å². The number of benzene rings is 1. The zero-order valence-electron chi connectivity index (χ0n) is 11.3. The van der Waals surface area contributed by atoms with Crippen LogP contribution in [0.2, 0.25) is 0 Å². The first-order chi connectivity index (χ1) is 9.61. The van der Waals surface area contributed by atoms with Crippen molar-refractivity contribution >= 4 is 34.6 Å². The lowest BCUT2D eigenvalue weighted by atomic mass is 10.2. The van der Waals surface area contributed by atoms with E-state index in [0.29, 0.717) is 38.3 Å². The molecule has 1 fully saturated rings. The van der Waals surface area contributed by atoms with Gasteiger partial charge in [0.15, 0.2) is 0 Å². The highest BCUT2D eigenvalue weighted by Crippen LogP contribution is 2.12. The van der Waals surface area contributed by atoms with Gasteiger partial charge < -0.3 is 14.5 Å². The van der Waals surface area contributed by atoms with Gasteiger partial charge in [0, 0.05) is 35.3 Å². The largest absolute Gasteiger partial charge is 0.450 e. The second-order valence-electron chi connectivity index (χ2n) is 4.49. The molecule has 1 aliphatic heterocycles. The van der Waals surface area contributed by atoms with Crippen LogP contribution in [0.4, 0.5) is 4.79 Å².